The maximum Gasteiger partial charge on any atom is 0.334 e. The fourth-order valence-electron chi connectivity index (χ4n) is 1.59. The molecule has 0 saturated carbocycles. The highest BCUT2D eigenvalue weighted by Crippen LogP contribution is 2.16. The minimum atomic E-state index is -0.909. The van der Waals surface area contributed by atoms with Gasteiger partial charge >= 0.3 is 5.97 Å². The van der Waals surface area contributed by atoms with Crippen molar-refractivity contribution in [2.24, 2.45) is 0 Å². The lowest BCUT2D eigenvalue weighted by Gasteiger charge is -2.32. The number of pyridine rings is 1. The molecule has 0 amide bonds. The molecule has 1 saturated heterocycles. The van der Waals surface area contributed by atoms with Gasteiger partial charge in [0.2, 0.25) is 0 Å². The van der Waals surface area contributed by atoms with Gasteiger partial charge in [0.25, 0.3) is 0 Å². The van der Waals surface area contributed by atoms with E-state index in [1.165, 1.54) is 0 Å². The van der Waals surface area contributed by atoms with E-state index in [-0.39, 0.29) is 0 Å². The molecule has 2 heterocycles. The molecule has 5 heteroatoms. The minimum Gasteiger partial charge on any atom is -0.479 e. The predicted octanol–water partition coefficient (Wildman–Crippen LogP) is 0.371. The Bertz CT molecular complexity index is 342. The third-order valence-electron chi connectivity index (χ3n) is 2.37. The lowest BCUT2D eigenvalue weighted by molar-refractivity contribution is -0.150. The van der Waals surface area contributed by atoms with Gasteiger partial charge in [-0.05, 0) is 12.1 Å². The van der Waals surface area contributed by atoms with Crippen LogP contribution in [0.2, 0.25) is 0 Å². The Morgan fingerprint density at radius 3 is 2.93 bits per heavy atom. The Morgan fingerprint density at radius 2 is 2.27 bits per heavy atom. The van der Waals surface area contributed by atoms with Crippen LogP contribution in [0.3, 0.4) is 0 Å². The maximum absolute atomic E-state index is 10.8. The summed E-state index contributed by atoms with van der Waals surface area (Å²) in [7, 11) is 0. The summed E-state index contributed by atoms with van der Waals surface area (Å²) in [5, 5.41) is 8.84. The minimum absolute atomic E-state index is 0.388. The van der Waals surface area contributed by atoms with Gasteiger partial charge in [-0.2, -0.15) is 0 Å². The zero-order valence-corrected chi connectivity index (χ0v) is 8.17. The molecule has 0 unspecified atom stereocenters. The van der Waals surface area contributed by atoms with Crippen LogP contribution in [0.25, 0.3) is 0 Å². The molecule has 2 rings (SSSR count). The van der Waals surface area contributed by atoms with Crippen LogP contribution in [0.15, 0.2) is 24.5 Å². The first-order chi connectivity index (χ1) is 7.27. The molecule has 1 aliphatic rings. The second-order valence-corrected chi connectivity index (χ2v) is 3.35. The molecule has 0 bridgehead atoms. The lowest BCUT2D eigenvalue weighted by Crippen LogP contribution is -2.46. The molecule has 1 atom stereocenters. The van der Waals surface area contributed by atoms with Gasteiger partial charge < -0.3 is 14.7 Å². The Kier molecular flexibility index (Phi) is 2.82. The number of nitrogens with zero attached hydrogens (tertiary/aromatic N) is 2. The zero-order valence-electron chi connectivity index (χ0n) is 8.17. The van der Waals surface area contributed by atoms with Gasteiger partial charge in [0.15, 0.2) is 6.10 Å². The Labute approximate surface area is 87.3 Å². The van der Waals surface area contributed by atoms with Crippen molar-refractivity contribution >= 4 is 11.7 Å². The van der Waals surface area contributed by atoms with Crippen LogP contribution in [0.5, 0.6) is 0 Å². The molecule has 1 fully saturated rings. The Balaban J connectivity index is 2.08. The highest BCUT2D eigenvalue weighted by atomic mass is 16.5. The quantitative estimate of drug-likeness (QED) is 0.760. The van der Waals surface area contributed by atoms with Crippen molar-refractivity contribution < 1.29 is 14.6 Å². The van der Waals surface area contributed by atoms with Crippen LogP contribution in [0, 0.1) is 0 Å². The van der Waals surface area contributed by atoms with Gasteiger partial charge in [-0.3, -0.25) is 4.98 Å². The highest BCUT2D eigenvalue weighted by Gasteiger charge is 2.26. The number of aliphatic carboxylic acids is 1. The summed E-state index contributed by atoms with van der Waals surface area (Å²) in [5.41, 5.74) is 0.986. The molecule has 1 aliphatic heterocycles. The highest BCUT2D eigenvalue weighted by molar-refractivity contribution is 5.73. The molecule has 1 N–H and O–H groups in total. The number of hydrogen-bond acceptors (Lipinski definition) is 4. The zero-order chi connectivity index (χ0) is 10.7. The summed E-state index contributed by atoms with van der Waals surface area (Å²) in [4.78, 5) is 16.7. The fourth-order valence-corrected chi connectivity index (χ4v) is 1.59. The van der Waals surface area contributed by atoms with E-state index in [9.17, 15) is 4.79 Å². The molecule has 5 nitrogen and oxygen atoms in total. The average Bonchev–Trinajstić information content (AvgIpc) is 2.30. The summed E-state index contributed by atoms with van der Waals surface area (Å²) in [6.07, 6.45) is 2.66. The van der Waals surface area contributed by atoms with E-state index in [4.69, 9.17) is 9.84 Å². The van der Waals surface area contributed by atoms with Crippen LogP contribution >= 0.6 is 0 Å². The Morgan fingerprint density at radius 1 is 1.53 bits per heavy atom. The molecule has 80 valence electrons. The summed E-state index contributed by atoms with van der Waals surface area (Å²) < 4.78 is 5.13. The standard InChI is InChI=1S/C10H12N2O3/c13-10(14)9-7-12(5-6-15-9)8-1-3-11-4-2-8/h1-4,9H,5-7H2,(H,13,14)/t9-/m1/s1. The van der Waals surface area contributed by atoms with Crippen molar-refractivity contribution in [2.45, 2.75) is 6.10 Å². The van der Waals surface area contributed by atoms with Crippen molar-refractivity contribution in [3.8, 4) is 0 Å². The number of morpholine rings is 1. The lowest BCUT2D eigenvalue weighted by atomic mass is 10.2. The Hall–Kier alpha value is -1.62. The largest absolute Gasteiger partial charge is 0.479 e. The smallest absolute Gasteiger partial charge is 0.334 e. The predicted molar refractivity (Wildman–Crippen MR) is 53.8 cm³/mol. The van der Waals surface area contributed by atoms with E-state index in [1.807, 2.05) is 17.0 Å². The van der Waals surface area contributed by atoms with Crippen LogP contribution in [0.4, 0.5) is 5.69 Å². The number of hydrogen-bond donors (Lipinski definition) is 1. The third kappa shape index (κ3) is 2.24. The normalized spacial score (nSPS) is 21.3. The monoisotopic (exact) mass is 208 g/mol. The molecule has 15 heavy (non-hydrogen) atoms. The fraction of sp³-hybridized carbons (Fsp3) is 0.400. The molecular weight excluding hydrogens is 196 g/mol. The SMILES string of the molecule is O=C(O)[C@H]1CN(c2ccncc2)CCO1. The molecular formula is C10H12N2O3. The van der Waals surface area contributed by atoms with Crippen LogP contribution in [0.1, 0.15) is 0 Å². The topological polar surface area (TPSA) is 62.7 Å². The van der Waals surface area contributed by atoms with E-state index in [1.54, 1.807) is 12.4 Å². The number of anilines is 1. The van der Waals surface area contributed by atoms with E-state index in [2.05, 4.69) is 4.98 Å². The molecule has 0 aliphatic carbocycles. The number of carbonyl (C=O) groups is 1. The average molecular weight is 208 g/mol. The van der Waals surface area contributed by atoms with Crippen LogP contribution in [-0.4, -0.2) is 41.9 Å². The summed E-state index contributed by atoms with van der Waals surface area (Å²) >= 11 is 0. The van der Waals surface area contributed by atoms with Crippen molar-refractivity contribution in [1.29, 1.82) is 0 Å². The van der Waals surface area contributed by atoms with Gasteiger partial charge in [0, 0.05) is 24.6 Å². The van der Waals surface area contributed by atoms with Crippen molar-refractivity contribution in [2.75, 3.05) is 24.6 Å². The van der Waals surface area contributed by atoms with Crippen molar-refractivity contribution in [3.63, 3.8) is 0 Å². The van der Waals surface area contributed by atoms with Gasteiger partial charge in [0.05, 0.1) is 13.2 Å². The third-order valence-corrected chi connectivity index (χ3v) is 2.37. The van der Waals surface area contributed by atoms with Crippen LogP contribution < -0.4 is 4.90 Å². The van der Waals surface area contributed by atoms with E-state index in [0.29, 0.717) is 19.7 Å². The molecule has 0 radical (unpaired) electrons. The van der Waals surface area contributed by atoms with E-state index < -0.39 is 12.1 Å². The van der Waals surface area contributed by atoms with Crippen LogP contribution in [-0.2, 0) is 9.53 Å². The molecule has 1 aromatic heterocycles. The maximum atomic E-state index is 10.8. The van der Waals surface area contributed by atoms with Gasteiger partial charge in [-0.1, -0.05) is 0 Å². The second kappa shape index (κ2) is 4.27. The number of carboxylic acid groups (broad SMARTS) is 1. The number of rotatable bonds is 2. The molecule has 1 aromatic rings. The number of aromatic nitrogens is 1. The summed E-state index contributed by atoms with van der Waals surface area (Å²) in [6.45, 7) is 1.55. The number of ether oxygens (including phenoxy) is 1. The number of carboxylic acids is 1. The first-order valence-electron chi connectivity index (χ1n) is 4.77. The first-order valence-corrected chi connectivity index (χ1v) is 4.77. The van der Waals surface area contributed by atoms with Gasteiger partial charge in [-0.25, -0.2) is 4.79 Å². The summed E-state index contributed by atoms with van der Waals surface area (Å²) in [6, 6.07) is 3.73. The second-order valence-electron chi connectivity index (χ2n) is 3.35. The summed E-state index contributed by atoms with van der Waals surface area (Å²) in [5.74, 6) is -0.909. The van der Waals surface area contributed by atoms with Gasteiger partial charge in [0.1, 0.15) is 0 Å². The first kappa shape index (κ1) is 9.92. The van der Waals surface area contributed by atoms with Crippen molar-refractivity contribution in [1.82, 2.24) is 4.98 Å². The van der Waals surface area contributed by atoms with E-state index in [0.717, 1.165) is 5.69 Å². The molecule has 0 aromatic carbocycles. The molecule has 0 spiro atoms. The van der Waals surface area contributed by atoms with Gasteiger partial charge in [-0.15, -0.1) is 0 Å². The van der Waals surface area contributed by atoms with E-state index >= 15 is 0 Å². The van der Waals surface area contributed by atoms with Crippen molar-refractivity contribution in [3.05, 3.63) is 24.5 Å².